The van der Waals surface area contributed by atoms with Gasteiger partial charge in [-0.3, -0.25) is 23.8 Å². The summed E-state index contributed by atoms with van der Waals surface area (Å²) >= 11 is 0. The third kappa shape index (κ3) is 7.66. The van der Waals surface area contributed by atoms with Gasteiger partial charge in [0, 0.05) is 13.0 Å². The van der Waals surface area contributed by atoms with E-state index < -0.39 is 77.4 Å². The van der Waals surface area contributed by atoms with E-state index >= 15 is 0 Å². The molecule has 2 aliphatic rings. The molecule has 2 aliphatic heterocycles. The number of imidazole rings is 1. The number of ether oxygens (including phenoxy) is 3. The van der Waals surface area contributed by atoms with E-state index in [4.69, 9.17) is 23.8 Å². The second kappa shape index (κ2) is 13.4. The molecule has 238 valence electrons. The molecule has 2 fully saturated rings. The number of nitrogens with zero attached hydrogens (tertiary/aromatic N) is 4. The quantitative estimate of drug-likeness (QED) is 0.165. The van der Waals surface area contributed by atoms with Crippen LogP contribution in [-0.4, -0.2) is 90.3 Å². The summed E-state index contributed by atoms with van der Waals surface area (Å²) in [6.07, 6.45) is -2.98. The number of amides is 2. The van der Waals surface area contributed by atoms with Gasteiger partial charge in [0.2, 0.25) is 0 Å². The van der Waals surface area contributed by atoms with Crippen LogP contribution in [0.2, 0.25) is 0 Å². The number of anilines is 1. The molecule has 0 saturated carbocycles. The first-order chi connectivity index (χ1) is 20.9. The number of fused-ring (bicyclic) bond motifs is 2. The number of urea groups is 1. The van der Waals surface area contributed by atoms with Crippen molar-refractivity contribution in [3.63, 3.8) is 0 Å². The number of benzene rings is 1. The maximum absolute atomic E-state index is 12.5. The van der Waals surface area contributed by atoms with E-state index in [2.05, 4.69) is 29.9 Å². The van der Waals surface area contributed by atoms with Crippen LogP contribution >= 0.6 is 15.4 Å². The Morgan fingerprint density at radius 2 is 1.82 bits per heavy atom. The van der Waals surface area contributed by atoms with Crippen LogP contribution in [0.25, 0.3) is 11.2 Å². The van der Waals surface area contributed by atoms with Crippen LogP contribution in [0.4, 0.5) is 10.6 Å². The average molecular weight is 656 g/mol. The molecular weight excluding hydrogens is 626 g/mol. The lowest BCUT2D eigenvalue weighted by atomic mass is 10.1. The summed E-state index contributed by atoms with van der Waals surface area (Å²) in [6.45, 7) is 1.52. The van der Waals surface area contributed by atoms with E-state index in [9.17, 15) is 28.5 Å². The minimum atomic E-state index is -5.15. The molecule has 4 unspecified atom stereocenters. The summed E-state index contributed by atoms with van der Waals surface area (Å²) in [6, 6.07) is 8.92. The number of aromatic nitrogens is 4. The zero-order chi connectivity index (χ0) is 31.5. The van der Waals surface area contributed by atoms with Gasteiger partial charge in [-0.15, -0.1) is 0 Å². The molecule has 2 aromatic heterocycles. The van der Waals surface area contributed by atoms with Gasteiger partial charge < -0.3 is 34.4 Å². The van der Waals surface area contributed by atoms with Crippen LogP contribution in [0.15, 0.2) is 43.0 Å². The monoisotopic (exact) mass is 656 g/mol. The highest BCUT2D eigenvalue weighted by Gasteiger charge is 2.54. The Morgan fingerprint density at radius 1 is 1.07 bits per heavy atom. The van der Waals surface area contributed by atoms with E-state index in [0.717, 1.165) is 5.56 Å². The van der Waals surface area contributed by atoms with Crippen molar-refractivity contribution in [2.75, 3.05) is 24.6 Å². The van der Waals surface area contributed by atoms with Crippen LogP contribution < -0.4 is 10.6 Å². The van der Waals surface area contributed by atoms with Crippen molar-refractivity contribution >= 4 is 44.4 Å². The third-order valence-corrected chi connectivity index (χ3v) is 9.70. The Morgan fingerprint density at radius 3 is 2.55 bits per heavy atom. The first kappa shape index (κ1) is 32.1. The van der Waals surface area contributed by atoms with Gasteiger partial charge >= 0.3 is 27.4 Å². The van der Waals surface area contributed by atoms with Crippen LogP contribution in [0, 0.1) is 0 Å². The van der Waals surface area contributed by atoms with Gasteiger partial charge in [0.1, 0.15) is 24.6 Å². The smallest absolute Gasteiger partial charge is 0.479 e. The van der Waals surface area contributed by atoms with Crippen molar-refractivity contribution in [2.45, 2.75) is 50.6 Å². The van der Waals surface area contributed by atoms with Crippen molar-refractivity contribution in [1.82, 2.24) is 24.8 Å². The summed E-state index contributed by atoms with van der Waals surface area (Å²) < 4.78 is 54.1. The van der Waals surface area contributed by atoms with E-state index in [1.807, 2.05) is 30.3 Å². The SMILES string of the molecule is CCNC(=O)Nc1ncnc2c1ncn2[C@@H]1O[C@H](COP(=O)(O)OP(=O)(O)CCC(=O)O)C2OC(Cc3ccccc3)O[C@@H]21. The van der Waals surface area contributed by atoms with E-state index in [0.29, 0.717) is 13.0 Å². The van der Waals surface area contributed by atoms with Gasteiger partial charge in [0.05, 0.1) is 25.5 Å². The maximum Gasteiger partial charge on any atom is 0.479 e. The van der Waals surface area contributed by atoms with Crippen LogP contribution in [0.1, 0.15) is 25.1 Å². The topological polar surface area (TPSA) is 243 Å². The zero-order valence-corrected chi connectivity index (χ0v) is 25.0. The Balaban J connectivity index is 1.36. The lowest BCUT2D eigenvalue weighted by Gasteiger charge is -2.22. The van der Waals surface area contributed by atoms with Crippen molar-refractivity contribution in [1.29, 1.82) is 0 Å². The predicted octanol–water partition coefficient (Wildman–Crippen LogP) is 2.01. The van der Waals surface area contributed by atoms with Crippen molar-refractivity contribution in [3.8, 4) is 0 Å². The van der Waals surface area contributed by atoms with Gasteiger partial charge in [-0.05, 0) is 12.5 Å². The zero-order valence-electron chi connectivity index (χ0n) is 23.2. The number of aliphatic carboxylic acids is 1. The summed E-state index contributed by atoms with van der Waals surface area (Å²) in [4.78, 5) is 55.5. The second-order valence-corrected chi connectivity index (χ2v) is 13.3. The molecule has 44 heavy (non-hydrogen) atoms. The standard InChI is InChI=1S/C24H30N6O12P2/c1-2-25-24(33)29-21-18-22(27-12-26-21)30(13-28-18)23-20-19(40-17(41-20)10-14-6-4-3-5-7-14)15(39-23)11-38-44(36,37)42-43(34,35)9-8-16(31)32/h3-7,12-13,15,17,19-20,23H,2,8-11H2,1H3,(H,31,32)(H,34,35)(H,36,37)(H2,25,26,27,29,33)/t15-,17?,19?,20+,23-/m1/s1. The van der Waals surface area contributed by atoms with Crippen molar-refractivity contribution in [3.05, 3.63) is 48.5 Å². The number of carboxylic acids is 1. The van der Waals surface area contributed by atoms with Gasteiger partial charge in [-0.2, -0.15) is 0 Å². The number of phosphoric acid groups is 1. The molecule has 0 bridgehead atoms. The molecule has 1 aromatic carbocycles. The van der Waals surface area contributed by atoms with Crippen molar-refractivity contribution < 1.29 is 56.7 Å². The fourth-order valence-corrected chi connectivity index (χ4v) is 7.35. The third-order valence-electron chi connectivity index (χ3n) is 6.59. The highest BCUT2D eigenvalue weighted by Crippen LogP contribution is 2.60. The molecule has 20 heteroatoms. The Bertz CT molecular complexity index is 1590. The molecule has 5 rings (SSSR count). The number of hydrogen-bond acceptors (Lipinski definition) is 12. The van der Waals surface area contributed by atoms with Gasteiger partial charge in [0.15, 0.2) is 29.5 Å². The molecule has 5 N–H and O–H groups in total. The summed E-state index contributed by atoms with van der Waals surface area (Å²) in [5.41, 5.74) is 1.47. The normalized spacial score (nSPS) is 25.7. The molecular formula is C24H30N6O12P2. The highest BCUT2D eigenvalue weighted by atomic mass is 31.3. The maximum atomic E-state index is 12.5. The minimum absolute atomic E-state index is 0.148. The molecule has 0 radical (unpaired) electrons. The summed E-state index contributed by atoms with van der Waals surface area (Å²) in [5, 5.41) is 13.9. The molecule has 0 aliphatic carbocycles. The van der Waals surface area contributed by atoms with Gasteiger partial charge in [-0.25, -0.2) is 28.6 Å². The van der Waals surface area contributed by atoms with E-state index in [1.165, 1.54) is 17.2 Å². The average Bonchev–Trinajstić information content (AvgIpc) is 3.65. The number of hydrogen-bond donors (Lipinski definition) is 5. The largest absolute Gasteiger partial charge is 0.481 e. The number of carbonyl (C=O) groups is 2. The Kier molecular flexibility index (Phi) is 9.74. The first-order valence-corrected chi connectivity index (χ1v) is 16.7. The number of carbonyl (C=O) groups excluding carboxylic acids is 1. The number of phosphoric ester groups is 1. The first-order valence-electron chi connectivity index (χ1n) is 13.4. The number of carboxylic acid groups (broad SMARTS) is 1. The Labute approximate surface area is 249 Å². The molecule has 18 nitrogen and oxygen atoms in total. The predicted molar refractivity (Wildman–Crippen MR) is 149 cm³/mol. The van der Waals surface area contributed by atoms with E-state index in [-0.39, 0.29) is 17.0 Å². The minimum Gasteiger partial charge on any atom is -0.481 e. The number of rotatable bonds is 13. The van der Waals surface area contributed by atoms with Crippen LogP contribution in [0.5, 0.6) is 0 Å². The molecule has 0 spiro atoms. The summed E-state index contributed by atoms with van der Waals surface area (Å²) in [5.74, 6) is -1.24. The lowest BCUT2D eigenvalue weighted by Crippen LogP contribution is -2.31. The fourth-order valence-electron chi connectivity index (χ4n) is 4.73. The molecule has 3 aromatic rings. The summed E-state index contributed by atoms with van der Waals surface area (Å²) in [7, 11) is -9.92. The van der Waals surface area contributed by atoms with Crippen LogP contribution in [-0.2, 0) is 43.4 Å². The number of nitrogens with one attached hydrogen (secondary N) is 2. The molecule has 2 amide bonds. The molecule has 2 saturated heterocycles. The van der Waals surface area contributed by atoms with Crippen LogP contribution in [0.3, 0.4) is 0 Å². The molecule has 4 heterocycles. The van der Waals surface area contributed by atoms with Gasteiger partial charge in [0.25, 0.3) is 0 Å². The molecule has 7 atom stereocenters. The lowest BCUT2D eigenvalue weighted by molar-refractivity contribution is -0.149. The fraction of sp³-hybridized carbons (Fsp3) is 0.458. The highest BCUT2D eigenvalue weighted by molar-refractivity contribution is 7.64. The Hall–Kier alpha value is -3.31. The second-order valence-electron chi connectivity index (χ2n) is 9.77. The van der Waals surface area contributed by atoms with Crippen molar-refractivity contribution in [2.24, 2.45) is 0 Å². The van der Waals surface area contributed by atoms with Gasteiger partial charge in [-0.1, -0.05) is 30.3 Å². The van der Waals surface area contributed by atoms with E-state index in [1.54, 1.807) is 6.92 Å².